The van der Waals surface area contributed by atoms with Gasteiger partial charge in [0.25, 0.3) is 0 Å². The Morgan fingerprint density at radius 3 is 2.61 bits per heavy atom. The number of aryl methyl sites for hydroxylation is 1. The first kappa shape index (κ1) is 20.1. The number of nitrogens with one attached hydrogen (secondary N) is 1. The van der Waals surface area contributed by atoms with Crippen molar-refractivity contribution < 1.29 is 14.3 Å². The van der Waals surface area contributed by atoms with Gasteiger partial charge in [-0.05, 0) is 53.9 Å². The maximum Gasteiger partial charge on any atom is 0.410 e. The van der Waals surface area contributed by atoms with Gasteiger partial charge in [0.05, 0.1) is 11.7 Å². The lowest BCUT2D eigenvalue weighted by molar-refractivity contribution is -0.114. The fourth-order valence-corrected chi connectivity index (χ4v) is 3.47. The molecule has 1 aliphatic heterocycles. The topological polar surface area (TPSA) is 88.8 Å². The van der Waals surface area contributed by atoms with E-state index in [4.69, 9.17) is 9.84 Å². The molecule has 8 nitrogen and oxygen atoms in total. The summed E-state index contributed by atoms with van der Waals surface area (Å²) in [6.45, 7) is 11.5. The third-order valence-corrected chi connectivity index (χ3v) is 4.87. The van der Waals surface area contributed by atoms with E-state index in [1.54, 1.807) is 9.42 Å². The van der Waals surface area contributed by atoms with E-state index >= 15 is 0 Å². The summed E-state index contributed by atoms with van der Waals surface area (Å²) in [7, 11) is 0. The molecule has 1 N–H and O–H groups in total. The highest BCUT2D eigenvalue weighted by atomic mass is 16.6. The second-order valence-corrected chi connectivity index (χ2v) is 8.38. The molecule has 1 saturated heterocycles. The molecule has 0 aromatic carbocycles. The third-order valence-electron chi connectivity index (χ3n) is 4.87. The van der Waals surface area contributed by atoms with Crippen LogP contribution in [0.1, 0.15) is 70.0 Å². The summed E-state index contributed by atoms with van der Waals surface area (Å²) < 4.78 is 7.25. The van der Waals surface area contributed by atoms with Gasteiger partial charge in [0.1, 0.15) is 11.4 Å². The first-order valence-corrected chi connectivity index (χ1v) is 9.71. The molecule has 3 rings (SSSR count). The van der Waals surface area contributed by atoms with Gasteiger partial charge < -0.3 is 10.1 Å². The van der Waals surface area contributed by atoms with Gasteiger partial charge in [0.15, 0.2) is 5.65 Å². The largest absolute Gasteiger partial charge is 0.444 e. The first-order chi connectivity index (χ1) is 13.1. The Labute approximate surface area is 165 Å². The Morgan fingerprint density at radius 1 is 1.25 bits per heavy atom. The van der Waals surface area contributed by atoms with Crippen molar-refractivity contribution in [1.82, 2.24) is 19.5 Å². The van der Waals surface area contributed by atoms with Crippen LogP contribution >= 0.6 is 0 Å². The molecular weight excluding hydrogens is 358 g/mol. The number of fused-ring (bicyclic) bond motifs is 1. The van der Waals surface area contributed by atoms with Crippen LogP contribution in [0.3, 0.4) is 0 Å². The van der Waals surface area contributed by atoms with Crippen molar-refractivity contribution in [3.8, 4) is 0 Å². The lowest BCUT2D eigenvalue weighted by Crippen LogP contribution is -2.42. The summed E-state index contributed by atoms with van der Waals surface area (Å²) in [5.41, 5.74) is 2.55. The number of piperidine rings is 1. The van der Waals surface area contributed by atoms with Crippen LogP contribution in [0.15, 0.2) is 6.07 Å². The average Bonchev–Trinajstić information content (AvgIpc) is 3.00. The highest BCUT2D eigenvalue weighted by molar-refractivity contribution is 5.89. The zero-order chi connectivity index (χ0) is 20.6. The van der Waals surface area contributed by atoms with Crippen LogP contribution in [0.25, 0.3) is 5.65 Å². The molecule has 1 aliphatic rings. The zero-order valence-corrected chi connectivity index (χ0v) is 17.5. The molecule has 2 aromatic heterocycles. The van der Waals surface area contributed by atoms with E-state index in [1.807, 2.05) is 40.7 Å². The molecule has 0 radical (unpaired) electrons. The Bertz CT molecular complexity index is 913. The van der Waals surface area contributed by atoms with Crippen LogP contribution in [0.5, 0.6) is 0 Å². The van der Waals surface area contributed by atoms with Crippen LogP contribution in [-0.4, -0.2) is 43.6 Å². The van der Waals surface area contributed by atoms with Crippen LogP contribution in [0.4, 0.5) is 10.6 Å². The summed E-state index contributed by atoms with van der Waals surface area (Å²) >= 11 is 0. The smallest absolute Gasteiger partial charge is 0.410 e. The maximum absolute atomic E-state index is 12.7. The van der Waals surface area contributed by atoms with Crippen LogP contribution < -0.4 is 5.32 Å². The molecule has 0 saturated carbocycles. The monoisotopic (exact) mass is 387 g/mol. The van der Waals surface area contributed by atoms with Gasteiger partial charge in [0.2, 0.25) is 5.91 Å². The minimum atomic E-state index is -0.549. The standard InChI is InChI=1S/C20H29N5O3/c1-12-13(2)21-17-11-15(23-25(17)18(12)22-14(3)26)16-9-7-8-10-24(16)19(27)28-20(4,5)6/h11,16H,7-10H2,1-6H3,(H,22,26). The van der Waals surface area contributed by atoms with Gasteiger partial charge in [-0.1, -0.05) is 0 Å². The van der Waals surface area contributed by atoms with Gasteiger partial charge in [-0.2, -0.15) is 9.61 Å². The van der Waals surface area contributed by atoms with E-state index in [9.17, 15) is 9.59 Å². The van der Waals surface area contributed by atoms with Crippen molar-refractivity contribution >= 4 is 23.5 Å². The van der Waals surface area contributed by atoms with Crippen molar-refractivity contribution in [2.24, 2.45) is 0 Å². The number of hydrogen-bond acceptors (Lipinski definition) is 5. The molecule has 2 amide bonds. The van der Waals surface area contributed by atoms with Gasteiger partial charge in [-0.15, -0.1) is 0 Å². The zero-order valence-electron chi connectivity index (χ0n) is 17.5. The van der Waals surface area contributed by atoms with Crippen LogP contribution in [0, 0.1) is 13.8 Å². The number of ether oxygens (including phenoxy) is 1. The third kappa shape index (κ3) is 4.10. The van der Waals surface area contributed by atoms with Gasteiger partial charge in [-0.3, -0.25) is 9.69 Å². The van der Waals surface area contributed by atoms with E-state index in [1.165, 1.54) is 6.92 Å². The van der Waals surface area contributed by atoms with Gasteiger partial charge in [0, 0.05) is 30.8 Å². The van der Waals surface area contributed by atoms with E-state index in [-0.39, 0.29) is 18.0 Å². The van der Waals surface area contributed by atoms with E-state index < -0.39 is 5.60 Å². The number of likely N-dealkylation sites (tertiary alicyclic amines) is 1. The fraction of sp³-hybridized carbons (Fsp3) is 0.600. The number of anilines is 1. The Hall–Kier alpha value is -2.64. The Balaban J connectivity index is 2.01. The van der Waals surface area contributed by atoms with Crippen molar-refractivity contribution in [3.05, 3.63) is 23.0 Å². The molecule has 0 bridgehead atoms. The molecule has 28 heavy (non-hydrogen) atoms. The summed E-state index contributed by atoms with van der Waals surface area (Å²) in [5.74, 6) is 0.445. The van der Waals surface area contributed by atoms with Crippen molar-refractivity contribution in [1.29, 1.82) is 0 Å². The second-order valence-electron chi connectivity index (χ2n) is 8.38. The van der Waals surface area contributed by atoms with Gasteiger partial charge >= 0.3 is 6.09 Å². The number of rotatable bonds is 2. The fourth-order valence-electron chi connectivity index (χ4n) is 3.47. The highest BCUT2D eigenvalue weighted by Gasteiger charge is 2.33. The average molecular weight is 387 g/mol. The number of aromatic nitrogens is 3. The molecule has 3 heterocycles. The van der Waals surface area contributed by atoms with Gasteiger partial charge in [-0.25, -0.2) is 9.78 Å². The summed E-state index contributed by atoms with van der Waals surface area (Å²) in [6, 6.07) is 1.72. The van der Waals surface area contributed by atoms with Crippen LogP contribution in [-0.2, 0) is 9.53 Å². The molecule has 152 valence electrons. The van der Waals surface area contributed by atoms with Crippen molar-refractivity contribution in [2.45, 2.75) is 72.4 Å². The lowest BCUT2D eigenvalue weighted by atomic mass is 10.00. The Morgan fingerprint density at radius 2 is 1.96 bits per heavy atom. The van der Waals surface area contributed by atoms with Crippen molar-refractivity contribution in [2.75, 3.05) is 11.9 Å². The molecule has 0 aliphatic carbocycles. The molecule has 1 unspecified atom stereocenters. The minimum absolute atomic E-state index is 0.167. The number of nitrogens with zero attached hydrogens (tertiary/aromatic N) is 4. The van der Waals surface area contributed by atoms with E-state index in [0.29, 0.717) is 18.0 Å². The van der Waals surface area contributed by atoms with Crippen LogP contribution in [0.2, 0.25) is 0 Å². The SMILES string of the molecule is CC(=O)Nc1c(C)c(C)nc2cc(C3CCCCN3C(=O)OC(C)(C)C)nn12. The summed E-state index contributed by atoms with van der Waals surface area (Å²) in [4.78, 5) is 30.8. The first-order valence-electron chi connectivity index (χ1n) is 9.71. The minimum Gasteiger partial charge on any atom is -0.444 e. The number of carbonyl (C=O) groups is 2. The molecule has 1 fully saturated rings. The predicted molar refractivity (Wildman–Crippen MR) is 106 cm³/mol. The summed E-state index contributed by atoms with van der Waals surface area (Å²) in [6.07, 6.45) is 2.45. The highest BCUT2D eigenvalue weighted by Crippen LogP contribution is 2.33. The lowest BCUT2D eigenvalue weighted by Gasteiger charge is -2.35. The quantitative estimate of drug-likeness (QED) is 0.847. The van der Waals surface area contributed by atoms with Crippen molar-refractivity contribution in [3.63, 3.8) is 0 Å². The number of hydrogen-bond donors (Lipinski definition) is 1. The Kier molecular flexibility index (Phi) is 5.32. The number of carbonyl (C=O) groups excluding carboxylic acids is 2. The predicted octanol–water partition coefficient (Wildman–Crippen LogP) is 3.77. The van der Waals surface area contributed by atoms with E-state index in [0.717, 1.165) is 36.2 Å². The normalized spacial score (nSPS) is 17.6. The molecule has 2 aromatic rings. The molecule has 1 atom stereocenters. The second kappa shape index (κ2) is 7.41. The molecule has 0 spiro atoms. The number of amides is 2. The maximum atomic E-state index is 12.7. The van der Waals surface area contributed by atoms with E-state index in [2.05, 4.69) is 10.3 Å². The molecule has 8 heteroatoms. The molecular formula is C20H29N5O3. The summed E-state index contributed by atoms with van der Waals surface area (Å²) in [5, 5.41) is 7.56.